The Hall–Kier alpha value is -1.03. The van der Waals surface area contributed by atoms with Gasteiger partial charge in [0.2, 0.25) is 0 Å². The average molecular weight is 325 g/mol. The minimum Gasteiger partial charge on any atom is -0.335 e. The molecule has 0 saturated heterocycles. The zero-order valence-electron chi connectivity index (χ0n) is 11.1. The second kappa shape index (κ2) is 7.53. The molecule has 104 valence electrons. The third-order valence-corrected chi connectivity index (χ3v) is 4.03. The van der Waals surface area contributed by atoms with Crippen LogP contribution >= 0.6 is 15.9 Å². The van der Waals surface area contributed by atoms with Crippen LogP contribution in [0.25, 0.3) is 0 Å². The average Bonchev–Trinajstić information content (AvgIpc) is 2.65. The van der Waals surface area contributed by atoms with Gasteiger partial charge in [0.15, 0.2) is 0 Å². The molecule has 1 aliphatic rings. The Kier molecular flexibility index (Phi) is 5.70. The van der Waals surface area contributed by atoms with Gasteiger partial charge in [-0.2, -0.15) is 0 Å². The summed E-state index contributed by atoms with van der Waals surface area (Å²) in [6.07, 6.45) is 7.30. The van der Waals surface area contributed by atoms with Crippen molar-refractivity contribution in [2.45, 2.75) is 51.1 Å². The fraction of sp³-hybridized carbons (Fsp3) is 0.533. The van der Waals surface area contributed by atoms with Crippen molar-refractivity contribution in [3.05, 3.63) is 34.3 Å². The molecule has 0 radical (unpaired) electrons. The number of carbonyl (C=O) groups excluding carboxylic acids is 1. The van der Waals surface area contributed by atoms with Crippen molar-refractivity contribution in [2.24, 2.45) is 0 Å². The molecule has 19 heavy (non-hydrogen) atoms. The Bertz CT molecular complexity index is 414. The van der Waals surface area contributed by atoms with Crippen LogP contribution in [-0.2, 0) is 6.54 Å². The third kappa shape index (κ3) is 5.23. The van der Waals surface area contributed by atoms with Gasteiger partial charge in [0.25, 0.3) is 0 Å². The van der Waals surface area contributed by atoms with Crippen LogP contribution in [0.4, 0.5) is 4.79 Å². The van der Waals surface area contributed by atoms with Crippen LogP contribution in [0.5, 0.6) is 0 Å². The highest BCUT2D eigenvalue weighted by molar-refractivity contribution is 9.10. The summed E-state index contributed by atoms with van der Waals surface area (Å²) in [5.41, 5.74) is 1.10. The molecule has 0 atom stereocenters. The molecule has 0 aliphatic heterocycles. The molecule has 0 bridgehead atoms. The topological polar surface area (TPSA) is 41.1 Å². The molecule has 3 nitrogen and oxygen atoms in total. The number of carbonyl (C=O) groups is 1. The maximum Gasteiger partial charge on any atom is 0.315 e. The summed E-state index contributed by atoms with van der Waals surface area (Å²) in [7, 11) is 0. The quantitative estimate of drug-likeness (QED) is 0.811. The smallest absolute Gasteiger partial charge is 0.315 e. The van der Waals surface area contributed by atoms with Crippen LogP contribution in [0.15, 0.2) is 28.7 Å². The molecule has 1 saturated carbocycles. The first-order valence-corrected chi connectivity index (χ1v) is 7.82. The molecule has 0 aromatic heterocycles. The first-order valence-electron chi connectivity index (χ1n) is 7.03. The molecule has 1 fully saturated rings. The van der Waals surface area contributed by atoms with Gasteiger partial charge >= 0.3 is 6.03 Å². The largest absolute Gasteiger partial charge is 0.335 e. The van der Waals surface area contributed by atoms with Crippen LogP contribution in [0.2, 0.25) is 0 Å². The summed E-state index contributed by atoms with van der Waals surface area (Å²) in [6.45, 7) is 0.567. The van der Waals surface area contributed by atoms with E-state index in [1.165, 1.54) is 25.7 Å². The molecule has 0 heterocycles. The molecular weight excluding hydrogens is 304 g/mol. The van der Waals surface area contributed by atoms with Crippen LogP contribution in [0.1, 0.15) is 44.1 Å². The molecule has 2 rings (SSSR count). The van der Waals surface area contributed by atoms with Gasteiger partial charge in [-0.3, -0.25) is 0 Å². The summed E-state index contributed by atoms with van der Waals surface area (Å²) >= 11 is 3.43. The molecule has 1 aromatic rings. The van der Waals surface area contributed by atoms with Crippen LogP contribution in [-0.4, -0.2) is 12.1 Å². The monoisotopic (exact) mass is 324 g/mol. The predicted octanol–water partition coefficient (Wildman–Crippen LogP) is 3.97. The van der Waals surface area contributed by atoms with Gasteiger partial charge in [-0.25, -0.2) is 4.79 Å². The van der Waals surface area contributed by atoms with Crippen molar-refractivity contribution in [2.75, 3.05) is 0 Å². The Morgan fingerprint density at radius 3 is 2.63 bits per heavy atom. The summed E-state index contributed by atoms with van der Waals surface area (Å²) in [5, 5.41) is 6.00. The minimum absolute atomic E-state index is 0.0492. The maximum atomic E-state index is 11.8. The van der Waals surface area contributed by atoms with E-state index in [2.05, 4.69) is 26.6 Å². The highest BCUT2D eigenvalue weighted by Crippen LogP contribution is 2.17. The van der Waals surface area contributed by atoms with Gasteiger partial charge < -0.3 is 10.6 Å². The van der Waals surface area contributed by atoms with E-state index in [0.717, 1.165) is 22.9 Å². The van der Waals surface area contributed by atoms with Gasteiger partial charge in [-0.1, -0.05) is 53.7 Å². The van der Waals surface area contributed by atoms with Crippen molar-refractivity contribution in [1.29, 1.82) is 0 Å². The predicted molar refractivity (Wildman–Crippen MR) is 81.0 cm³/mol. The highest BCUT2D eigenvalue weighted by atomic mass is 79.9. The lowest BCUT2D eigenvalue weighted by atomic mass is 10.1. The summed E-state index contributed by atoms with van der Waals surface area (Å²) < 4.78 is 1.04. The molecule has 0 spiro atoms. The van der Waals surface area contributed by atoms with Gasteiger partial charge in [-0.15, -0.1) is 0 Å². The minimum atomic E-state index is -0.0492. The van der Waals surface area contributed by atoms with Crippen molar-refractivity contribution in [1.82, 2.24) is 10.6 Å². The highest BCUT2D eigenvalue weighted by Gasteiger charge is 2.14. The van der Waals surface area contributed by atoms with Crippen LogP contribution in [0, 0.1) is 0 Å². The number of nitrogens with one attached hydrogen (secondary N) is 2. The number of amides is 2. The molecule has 2 N–H and O–H groups in total. The first kappa shape index (κ1) is 14.4. The van der Waals surface area contributed by atoms with Crippen molar-refractivity contribution in [3.8, 4) is 0 Å². The van der Waals surface area contributed by atoms with Gasteiger partial charge in [0.1, 0.15) is 0 Å². The molecule has 1 aliphatic carbocycles. The lowest BCUT2D eigenvalue weighted by molar-refractivity contribution is 0.235. The Morgan fingerprint density at radius 2 is 1.95 bits per heavy atom. The lowest BCUT2D eigenvalue weighted by Gasteiger charge is -2.16. The van der Waals surface area contributed by atoms with E-state index < -0.39 is 0 Å². The number of hydrogen-bond donors (Lipinski definition) is 2. The lowest BCUT2D eigenvalue weighted by Crippen LogP contribution is -2.41. The molecule has 1 aromatic carbocycles. The first-order chi connectivity index (χ1) is 9.24. The zero-order valence-corrected chi connectivity index (χ0v) is 12.7. The van der Waals surface area contributed by atoms with E-state index in [-0.39, 0.29) is 6.03 Å². The van der Waals surface area contributed by atoms with E-state index >= 15 is 0 Å². The van der Waals surface area contributed by atoms with Crippen molar-refractivity contribution in [3.63, 3.8) is 0 Å². The Labute approximate surface area is 123 Å². The zero-order chi connectivity index (χ0) is 13.5. The number of halogens is 1. The number of urea groups is 1. The fourth-order valence-corrected chi connectivity index (χ4v) is 2.94. The molecule has 2 amide bonds. The number of hydrogen-bond acceptors (Lipinski definition) is 1. The SMILES string of the molecule is O=C(NCc1cccc(Br)c1)NC1CCCCCC1. The van der Waals surface area contributed by atoms with Gasteiger partial charge in [0, 0.05) is 17.1 Å². The summed E-state index contributed by atoms with van der Waals surface area (Å²) in [5.74, 6) is 0. The molecule has 0 unspecified atom stereocenters. The van der Waals surface area contributed by atoms with Crippen molar-refractivity contribution >= 4 is 22.0 Å². The summed E-state index contributed by atoms with van der Waals surface area (Å²) in [4.78, 5) is 11.8. The fourth-order valence-electron chi connectivity index (χ4n) is 2.49. The van der Waals surface area contributed by atoms with E-state index in [9.17, 15) is 4.79 Å². The van der Waals surface area contributed by atoms with Gasteiger partial charge in [-0.05, 0) is 30.5 Å². The normalized spacial score (nSPS) is 16.7. The van der Waals surface area contributed by atoms with Crippen LogP contribution < -0.4 is 10.6 Å². The van der Waals surface area contributed by atoms with E-state index in [4.69, 9.17) is 0 Å². The summed E-state index contributed by atoms with van der Waals surface area (Å²) in [6, 6.07) is 8.29. The number of rotatable bonds is 3. The third-order valence-electron chi connectivity index (χ3n) is 3.53. The van der Waals surface area contributed by atoms with Crippen molar-refractivity contribution < 1.29 is 4.79 Å². The second-order valence-electron chi connectivity index (χ2n) is 5.15. The standard InChI is InChI=1S/C15H21BrN2O/c16-13-7-5-6-12(10-13)11-17-15(19)18-14-8-3-1-2-4-9-14/h5-7,10,14H,1-4,8-9,11H2,(H2,17,18,19). The van der Waals surface area contributed by atoms with Gasteiger partial charge in [0.05, 0.1) is 0 Å². The van der Waals surface area contributed by atoms with E-state index in [0.29, 0.717) is 12.6 Å². The van der Waals surface area contributed by atoms with E-state index in [1.807, 2.05) is 24.3 Å². The Morgan fingerprint density at radius 1 is 1.21 bits per heavy atom. The molecule has 4 heteroatoms. The number of benzene rings is 1. The van der Waals surface area contributed by atoms with Crippen LogP contribution in [0.3, 0.4) is 0 Å². The Balaban J connectivity index is 1.74. The maximum absolute atomic E-state index is 11.8. The second-order valence-corrected chi connectivity index (χ2v) is 6.06. The molecular formula is C15H21BrN2O. The van der Waals surface area contributed by atoms with E-state index in [1.54, 1.807) is 0 Å².